The zero-order valence-electron chi connectivity index (χ0n) is 11.2. The van der Waals surface area contributed by atoms with Gasteiger partial charge in [0.05, 0.1) is 18.6 Å². The van der Waals surface area contributed by atoms with Gasteiger partial charge < -0.3 is 15.0 Å². The Hall–Kier alpha value is -1.24. The lowest BCUT2D eigenvalue weighted by Gasteiger charge is -2.21. The smallest absolute Gasteiger partial charge is 0.236 e. The van der Waals surface area contributed by atoms with Crippen LogP contribution in [0.3, 0.4) is 0 Å². The van der Waals surface area contributed by atoms with Crippen LogP contribution in [-0.4, -0.2) is 29.4 Å². The summed E-state index contributed by atoms with van der Waals surface area (Å²) in [6.07, 6.45) is 0.634. The molecule has 0 bridgehead atoms. The van der Waals surface area contributed by atoms with E-state index in [1.165, 1.54) is 0 Å². The van der Waals surface area contributed by atoms with Crippen LogP contribution in [0.15, 0.2) is 33.3 Å². The molecule has 1 aliphatic heterocycles. The Kier molecular flexibility index (Phi) is 3.62. The lowest BCUT2D eigenvalue weighted by molar-refractivity contribution is 0.169. The maximum absolute atomic E-state index is 6.07. The van der Waals surface area contributed by atoms with Gasteiger partial charge in [0.15, 0.2) is 5.82 Å². The Morgan fingerprint density at radius 1 is 1.50 bits per heavy atom. The average Bonchev–Trinajstić information content (AvgIpc) is 2.99. The highest BCUT2D eigenvalue weighted by molar-refractivity contribution is 9.10. The summed E-state index contributed by atoms with van der Waals surface area (Å²) in [4.78, 5) is 4.49. The van der Waals surface area contributed by atoms with Crippen molar-refractivity contribution in [2.45, 2.75) is 24.8 Å². The molecule has 106 valence electrons. The highest BCUT2D eigenvalue weighted by atomic mass is 79.9. The predicted octanol–water partition coefficient (Wildman–Crippen LogP) is 2.04. The molecule has 1 fully saturated rings. The second kappa shape index (κ2) is 5.27. The van der Waals surface area contributed by atoms with E-state index in [9.17, 15) is 0 Å². The maximum Gasteiger partial charge on any atom is 0.236 e. The van der Waals surface area contributed by atoms with E-state index in [-0.39, 0.29) is 11.5 Å². The van der Waals surface area contributed by atoms with Gasteiger partial charge in [-0.2, -0.15) is 4.98 Å². The SMILES string of the molecule is CC1(c2nc(Cc3cccc(Br)c3)no2)COCC1N. The van der Waals surface area contributed by atoms with E-state index in [1.807, 2.05) is 31.2 Å². The lowest BCUT2D eigenvalue weighted by Crippen LogP contribution is -2.42. The number of hydrogen-bond acceptors (Lipinski definition) is 5. The van der Waals surface area contributed by atoms with Crippen LogP contribution in [0.25, 0.3) is 0 Å². The van der Waals surface area contributed by atoms with Gasteiger partial charge in [0.1, 0.15) is 0 Å². The molecule has 5 nitrogen and oxygen atoms in total. The van der Waals surface area contributed by atoms with Crippen molar-refractivity contribution < 1.29 is 9.26 Å². The van der Waals surface area contributed by atoms with Crippen LogP contribution in [0.1, 0.15) is 24.2 Å². The van der Waals surface area contributed by atoms with E-state index in [0.717, 1.165) is 10.0 Å². The quantitative estimate of drug-likeness (QED) is 0.927. The third-order valence-corrected chi connectivity index (χ3v) is 4.22. The van der Waals surface area contributed by atoms with Gasteiger partial charge >= 0.3 is 0 Å². The topological polar surface area (TPSA) is 74.2 Å². The van der Waals surface area contributed by atoms with Gasteiger partial charge in [-0.25, -0.2) is 0 Å². The van der Waals surface area contributed by atoms with Crippen molar-refractivity contribution in [3.8, 4) is 0 Å². The van der Waals surface area contributed by atoms with E-state index >= 15 is 0 Å². The van der Waals surface area contributed by atoms with Gasteiger partial charge in [0.2, 0.25) is 5.89 Å². The highest BCUT2D eigenvalue weighted by Gasteiger charge is 2.44. The first-order valence-corrected chi connectivity index (χ1v) is 7.28. The lowest BCUT2D eigenvalue weighted by atomic mass is 9.86. The third-order valence-electron chi connectivity index (χ3n) is 3.73. The molecule has 0 saturated carbocycles. The van der Waals surface area contributed by atoms with Crippen LogP contribution in [0.5, 0.6) is 0 Å². The molecule has 1 aromatic carbocycles. The molecular weight excluding hydrogens is 322 g/mol. The number of aromatic nitrogens is 2. The number of nitrogens with zero attached hydrogens (tertiary/aromatic N) is 2. The molecule has 1 aromatic heterocycles. The molecule has 6 heteroatoms. The number of rotatable bonds is 3. The number of halogens is 1. The van der Waals surface area contributed by atoms with Gasteiger partial charge in [-0.15, -0.1) is 0 Å². The van der Waals surface area contributed by atoms with Gasteiger partial charge in [0, 0.05) is 16.9 Å². The molecule has 3 rings (SSSR count). The van der Waals surface area contributed by atoms with Gasteiger partial charge in [-0.3, -0.25) is 0 Å². The Morgan fingerprint density at radius 3 is 3.05 bits per heavy atom. The van der Waals surface area contributed by atoms with Crippen molar-refractivity contribution in [1.29, 1.82) is 0 Å². The second-order valence-corrected chi connectivity index (χ2v) is 6.28. The van der Waals surface area contributed by atoms with Crippen LogP contribution in [0.4, 0.5) is 0 Å². The van der Waals surface area contributed by atoms with Crippen LogP contribution in [-0.2, 0) is 16.6 Å². The number of ether oxygens (including phenoxy) is 1. The Labute approximate surface area is 125 Å². The zero-order chi connectivity index (χ0) is 14.2. The predicted molar refractivity (Wildman–Crippen MR) is 77.4 cm³/mol. The summed E-state index contributed by atoms with van der Waals surface area (Å²) in [5.41, 5.74) is 6.81. The summed E-state index contributed by atoms with van der Waals surface area (Å²) < 4.78 is 11.8. The normalized spacial score (nSPS) is 26.1. The van der Waals surface area contributed by atoms with E-state index in [4.69, 9.17) is 15.0 Å². The fourth-order valence-corrected chi connectivity index (χ4v) is 2.74. The van der Waals surface area contributed by atoms with Crippen molar-refractivity contribution in [2.75, 3.05) is 13.2 Å². The monoisotopic (exact) mass is 337 g/mol. The first-order valence-electron chi connectivity index (χ1n) is 6.49. The largest absolute Gasteiger partial charge is 0.379 e. The fourth-order valence-electron chi connectivity index (χ4n) is 2.30. The molecule has 0 spiro atoms. The minimum Gasteiger partial charge on any atom is -0.379 e. The summed E-state index contributed by atoms with van der Waals surface area (Å²) in [5.74, 6) is 1.23. The fraction of sp³-hybridized carbons (Fsp3) is 0.429. The first-order chi connectivity index (χ1) is 9.58. The molecule has 1 saturated heterocycles. The van der Waals surface area contributed by atoms with Crippen molar-refractivity contribution in [3.05, 3.63) is 46.0 Å². The van der Waals surface area contributed by atoms with Crippen LogP contribution in [0, 0.1) is 0 Å². The first kappa shape index (κ1) is 13.7. The molecule has 20 heavy (non-hydrogen) atoms. The van der Waals surface area contributed by atoms with Crippen molar-refractivity contribution in [3.63, 3.8) is 0 Å². The Bertz CT molecular complexity index is 616. The van der Waals surface area contributed by atoms with Gasteiger partial charge in [-0.1, -0.05) is 33.2 Å². The molecule has 2 unspecified atom stereocenters. The zero-order valence-corrected chi connectivity index (χ0v) is 12.8. The molecule has 2 N–H and O–H groups in total. The summed E-state index contributed by atoms with van der Waals surface area (Å²) >= 11 is 3.45. The van der Waals surface area contributed by atoms with Crippen LogP contribution < -0.4 is 5.73 Å². The number of hydrogen-bond donors (Lipinski definition) is 1. The molecule has 2 heterocycles. The molecule has 2 aromatic rings. The summed E-state index contributed by atoms with van der Waals surface area (Å²) in [5, 5.41) is 4.05. The molecule has 2 atom stereocenters. The standard InChI is InChI=1S/C14H16BrN3O2/c1-14(8-19-7-11(14)16)13-17-12(18-20-13)6-9-3-2-4-10(15)5-9/h2-5,11H,6-8,16H2,1H3. The minimum atomic E-state index is -0.386. The molecule has 0 aliphatic carbocycles. The third kappa shape index (κ3) is 2.51. The van der Waals surface area contributed by atoms with Gasteiger partial charge in [0.25, 0.3) is 0 Å². The Balaban J connectivity index is 1.80. The van der Waals surface area contributed by atoms with E-state index in [1.54, 1.807) is 0 Å². The Morgan fingerprint density at radius 2 is 2.35 bits per heavy atom. The average molecular weight is 338 g/mol. The van der Waals surface area contributed by atoms with Crippen molar-refractivity contribution in [2.24, 2.45) is 5.73 Å². The van der Waals surface area contributed by atoms with E-state index in [0.29, 0.717) is 31.3 Å². The van der Waals surface area contributed by atoms with Crippen molar-refractivity contribution >= 4 is 15.9 Å². The highest BCUT2D eigenvalue weighted by Crippen LogP contribution is 2.30. The van der Waals surface area contributed by atoms with Crippen LogP contribution in [0.2, 0.25) is 0 Å². The molecule has 1 aliphatic rings. The van der Waals surface area contributed by atoms with E-state index in [2.05, 4.69) is 26.1 Å². The maximum atomic E-state index is 6.07. The van der Waals surface area contributed by atoms with Crippen LogP contribution >= 0.6 is 15.9 Å². The van der Waals surface area contributed by atoms with E-state index < -0.39 is 0 Å². The molecular formula is C14H16BrN3O2. The van der Waals surface area contributed by atoms with Gasteiger partial charge in [-0.05, 0) is 24.6 Å². The molecule has 0 amide bonds. The number of benzene rings is 1. The summed E-state index contributed by atoms with van der Waals surface area (Å²) in [7, 11) is 0. The van der Waals surface area contributed by atoms with Crippen molar-refractivity contribution in [1.82, 2.24) is 10.1 Å². The molecule has 0 radical (unpaired) electrons. The number of nitrogens with two attached hydrogens (primary N) is 1. The second-order valence-electron chi connectivity index (χ2n) is 5.36. The summed E-state index contributed by atoms with van der Waals surface area (Å²) in [6, 6.07) is 7.94. The minimum absolute atomic E-state index is 0.110. The summed E-state index contributed by atoms with van der Waals surface area (Å²) in [6.45, 7) is 3.05.